The molecule has 2 N–H and O–H groups in total. The van der Waals surface area contributed by atoms with Gasteiger partial charge in [0, 0.05) is 30.4 Å². The van der Waals surface area contributed by atoms with Crippen LogP contribution in [0.3, 0.4) is 0 Å². The molecule has 2 aromatic carbocycles. The van der Waals surface area contributed by atoms with Crippen molar-refractivity contribution < 1.29 is 9.53 Å². The van der Waals surface area contributed by atoms with E-state index in [9.17, 15) is 4.79 Å². The van der Waals surface area contributed by atoms with Crippen molar-refractivity contribution in [3.05, 3.63) is 53.6 Å². The van der Waals surface area contributed by atoms with E-state index < -0.39 is 0 Å². The minimum absolute atomic E-state index is 0.0154. The summed E-state index contributed by atoms with van der Waals surface area (Å²) in [4.78, 5) is 12.3. The lowest BCUT2D eigenvalue weighted by molar-refractivity contribution is -0.115. The van der Waals surface area contributed by atoms with E-state index in [0.717, 1.165) is 22.7 Å². The summed E-state index contributed by atoms with van der Waals surface area (Å²) in [5.41, 5.74) is 4.15. The lowest BCUT2D eigenvalue weighted by Crippen LogP contribution is -2.18. The third-order valence-electron chi connectivity index (χ3n) is 3.94. The number of methoxy groups -OCH3 is 1. The van der Waals surface area contributed by atoms with Crippen molar-refractivity contribution in [2.75, 3.05) is 24.3 Å². The summed E-state index contributed by atoms with van der Waals surface area (Å²) >= 11 is 0. The Kier molecular flexibility index (Phi) is 6.24. The van der Waals surface area contributed by atoms with Crippen molar-refractivity contribution in [1.82, 2.24) is 0 Å². The van der Waals surface area contributed by atoms with Crippen LogP contribution in [-0.4, -0.2) is 19.6 Å². The first kappa shape index (κ1) is 17.9. The van der Waals surface area contributed by atoms with Crippen LogP contribution in [0.1, 0.15) is 37.3 Å². The molecule has 0 spiro atoms. The number of aryl methyl sites for hydroxylation is 1. The van der Waals surface area contributed by atoms with Gasteiger partial charge in [-0.15, -0.1) is 0 Å². The third-order valence-corrected chi connectivity index (χ3v) is 3.94. The first-order valence-electron chi connectivity index (χ1n) is 8.28. The molecule has 1 amide bonds. The van der Waals surface area contributed by atoms with Gasteiger partial charge < -0.3 is 15.4 Å². The molecule has 0 aliphatic rings. The molecule has 0 heterocycles. The molecule has 24 heavy (non-hydrogen) atoms. The molecular formula is C20H26N2O2. The third kappa shape index (κ3) is 4.75. The van der Waals surface area contributed by atoms with Gasteiger partial charge in [-0.1, -0.05) is 38.1 Å². The highest BCUT2D eigenvalue weighted by molar-refractivity contribution is 5.92. The van der Waals surface area contributed by atoms with Gasteiger partial charge in [0.1, 0.15) is 5.75 Å². The maximum Gasteiger partial charge on any atom is 0.226 e. The summed E-state index contributed by atoms with van der Waals surface area (Å²) in [7, 11) is 1.64. The zero-order valence-electron chi connectivity index (χ0n) is 14.8. The van der Waals surface area contributed by atoms with E-state index in [0.29, 0.717) is 18.9 Å². The molecule has 4 nitrogen and oxygen atoms in total. The van der Waals surface area contributed by atoms with Crippen LogP contribution in [0.2, 0.25) is 0 Å². The minimum Gasteiger partial charge on any atom is -0.497 e. The minimum atomic E-state index is 0.0154. The predicted molar refractivity (Wildman–Crippen MR) is 100.0 cm³/mol. The summed E-state index contributed by atoms with van der Waals surface area (Å²) in [6, 6.07) is 13.8. The van der Waals surface area contributed by atoms with Gasteiger partial charge in [0.25, 0.3) is 0 Å². The summed E-state index contributed by atoms with van der Waals surface area (Å²) in [6.45, 7) is 6.86. The van der Waals surface area contributed by atoms with Gasteiger partial charge >= 0.3 is 0 Å². The highest BCUT2D eigenvalue weighted by Crippen LogP contribution is 2.27. The van der Waals surface area contributed by atoms with E-state index >= 15 is 0 Å². The van der Waals surface area contributed by atoms with E-state index in [1.807, 2.05) is 43.3 Å². The Bertz CT molecular complexity index is 696. The average molecular weight is 326 g/mol. The molecule has 128 valence electrons. The fourth-order valence-corrected chi connectivity index (χ4v) is 2.60. The van der Waals surface area contributed by atoms with E-state index in [2.05, 4.69) is 30.5 Å². The van der Waals surface area contributed by atoms with Gasteiger partial charge in [0.05, 0.1) is 7.11 Å². The Morgan fingerprint density at radius 2 is 1.92 bits per heavy atom. The van der Waals surface area contributed by atoms with Gasteiger partial charge in [-0.05, 0) is 36.1 Å². The van der Waals surface area contributed by atoms with Crippen molar-refractivity contribution >= 4 is 17.3 Å². The largest absolute Gasteiger partial charge is 0.497 e. The van der Waals surface area contributed by atoms with E-state index in [-0.39, 0.29) is 5.91 Å². The molecule has 4 heteroatoms. The molecule has 0 unspecified atom stereocenters. The van der Waals surface area contributed by atoms with E-state index in [1.165, 1.54) is 5.56 Å². The molecule has 0 atom stereocenters. The van der Waals surface area contributed by atoms with Crippen molar-refractivity contribution in [3.8, 4) is 5.75 Å². The second-order valence-electron chi connectivity index (χ2n) is 6.15. The summed E-state index contributed by atoms with van der Waals surface area (Å²) < 4.78 is 5.19. The van der Waals surface area contributed by atoms with Gasteiger partial charge in [-0.25, -0.2) is 0 Å². The molecule has 0 bridgehead atoms. The smallest absolute Gasteiger partial charge is 0.226 e. The maximum atomic E-state index is 12.3. The average Bonchev–Trinajstić information content (AvgIpc) is 2.56. The van der Waals surface area contributed by atoms with E-state index in [4.69, 9.17) is 4.74 Å². The topological polar surface area (TPSA) is 50.4 Å². The zero-order chi connectivity index (χ0) is 17.5. The number of para-hydroxylation sites is 1. The molecule has 0 fully saturated rings. The van der Waals surface area contributed by atoms with Crippen LogP contribution in [0.4, 0.5) is 11.4 Å². The summed E-state index contributed by atoms with van der Waals surface area (Å²) in [5, 5.41) is 6.31. The highest BCUT2D eigenvalue weighted by atomic mass is 16.5. The lowest BCUT2D eigenvalue weighted by atomic mass is 9.98. The normalized spacial score (nSPS) is 10.5. The Hall–Kier alpha value is -2.49. The molecule has 0 aromatic heterocycles. The lowest BCUT2D eigenvalue weighted by Gasteiger charge is -2.16. The number of benzene rings is 2. The van der Waals surface area contributed by atoms with Crippen molar-refractivity contribution in [2.24, 2.45) is 0 Å². The van der Waals surface area contributed by atoms with Crippen LogP contribution < -0.4 is 15.4 Å². The van der Waals surface area contributed by atoms with Gasteiger partial charge in [-0.2, -0.15) is 0 Å². The Morgan fingerprint density at radius 1 is 1.17 bits per heavy atom. The van der Waals surface area contributed by atoms with Gasteiger partial charge in [0.15, 0.2) is 0 Å². The first-order valence-corrected chi connectivity index (χ1v) is 8.28. The monoisotopic (exact) mass is 326 g/mol. The van der Waals surface area contributed by atoms with Crippen molar-refractivity contribution in [2.45, 2.75) is 33.1 Å². The number of rotatable bonds is 7. The Labute approximate surface area is 144 Å². The number of hydrogen-bond donors (Lipinski definition) is 2. The number of amides is 1. The summed E-state index contributed by atoms with van der Waals surface area (Å²) in [6.07, 6.45) is 0.406. The zero-order valence-corrected chi connectivity index (χ0v) is 14.8. The van der Waals surface area contributed by atoms with Gasteiger partial charge in [-0.3, -0.25) is 4.79 Å². The van der Waals surface area contributed by atoms with Crippen molar-refractivity contribution in [3.63, 3.8) is 0 Å². The molecular weight excluding hydrogens is 300 g/mol. The number of carbonyl (C=O) groups is 1. The molecule has 2 rings (SSSR count). The number of ether oxygens (including phenoxy) is 1. The Balaban J connectivity index is 1.92. The molecule has 0 aliphatic heterocycles. The summed E-state index contributed by atoms with van der Waals surface area (Å²) in [5.74, 6) is 1.18. The second kappa shape index (κ2) is 8.39. The van der Waals surface area contributed by atoms with Crippen LogP contribution >= 0.6 is 0 Å². The van der Waals surface area contributed by atoms with Crippen LogP contribution in [-0.2, 0) is 4.79 Å². The predicted octanol–water partition coefficient (Wildman–Crippen LogP) is 4.57. The van der Waals surface area contributed by atoms with Crippen LogP contribution in [0.25, 0.3) is 0 Å². The second-order valence-corrected chi connectivity index (χ2v) is 6.15. The van der Waals surface area contributed by atoms with Gasteiger partial charge in [0.2, 0.25) is 5.91 Å². The maximum absolute atomic E-state index is 12.3. The molecule has 0 radical (unpaired) electrons. The van der Waals surface area contributed by atoms with Crippen LogP contribution in [0, 0.1) is 6.92 Å². The molecule has 0 saturated heterocycles. The fraction of sp³-hybridized carbons (Fsp3) is 0.350. The number of nitrogens with one attached hydrogen (secondary N) is 2. The Morgan fingerprint density at radius 3 is 2.62 bits per heavy atom. The molecule has 0 saturated carbocycles. The number of hydrogen-bond acceptors (Lipinski definition) is 3. The van der Waals surface area contributed by atoms with E-state index in [1.54, 1.807) is 7.11 Å². The van der Waals surface area contributed by atoms with Crippen molar-refractivity contribution in [1.29, 1.82) is 0 Å². The van der Waals surface area contributed by atoms with Crippen LogP contribution in [0.15, 0.2) is 42.5 Å². The fourth-order valence-electron chi connectivity index (χ4n) is 2.60. The highest BCUT2D eigenvalue weighted by Gasteiger charge is 2.11. The van der Waals surface area contributed by atoms with Crippen LogP contribution in [0.5, 0.6) is 5.75 Å². The standard InChI is InChI=1S/C20H26N2O2/c1-14(2)18-10-5-7-15(3)20(18)22-19(23)11-12-21-16-8-6-9-17(13-16)24-4/h5-10,13-14,21H,11-12H2,1-4H3,(H,22,23). The SMILES string of the molecule is COc1cccc(NCCC(=O)Nc2c(C)cccc2C(C)C)c1. The molecule has 0 aliphatic carbocycles. The first-order chi connectivity index (χ1) is 11.5. The number of carbonyl (C=O) groups excluding carboxylic acids is 1. The quantitative estimate of drug-likeness (QED) is 0.784. The molecule has 2 aromatic rings. The number of anilines is 2.